The summed E-state index contributed by atoms with van der Waals surface area (Å²) in [6.07, 6.45) is -4.53. The summed E-state index contributed by atoms with van der Waals surface area (Å²) in [7, 11) is 0.441. The Hall–Kier alpha value is -1.28. The maximum atomic E-state index is 12.7. The molecule has 0 aliphatic carbocycles. The van der Waals surface area contributed by atoms with Gasteiger partial charge in [0.15, 0.2) is 0 Å². The van der Waals surface area contributed by atoms with E-state index < -0.39 is 30.2 Å². The zero-order valence-corrected chi connectivity index (χ0v) is 14.5. The number of pyridine rings is 1. The number of hydrogen-bond acceptors (Lipinski definition) is 4. The van der Waals surface area contributed by atoms with E-state index >= 15 is 0 Å². The highest BCUT2D eigenvalue weighted by Crippen LogP contribution is 2.37. The first kappa shape index (κ1) is 19.8. The topological polar surface area (TPSA) is 40.6 Å². The number of halogens is 3. The average Bonchev–Trinajstić information content (AvgIpc) is 2.68. The van der Waals surface area contributed by atoms with E-state index in [9.17, 15) is 13.2 Å². The molecule has 0 saturated carbocycles. The number of hydrogen-bond donors (Lipinski definition) is 0. The van der Waals surface area contributed by atoms with Crippen molar-refractivity contribution in [3.05, 3.63) is 17.8 Å². The summed E-state index contributed by atoms with van der Waals surface area (Å²) >= 11 is 0. The zero-order chi connectivity index (χ0) is 18.1. The highest BCUT2D eigenvalue weighted by atomic mass is 19.4. The van der Waals surface area contributed by atoms with Gasteiger partial charge in [-0.25, -0.2) is 4.98 Å². The van der Waals surface area contributed by atoms with Gasteiger partial charge in [0.25, 0.3) is 0 Å². The number of methoxy groups -OCH3 is 1. The van der Waals surface area contributed by atoms with Gasteiger partial charge in [-0.2, -0.15) is 13.2 Å². The molecule has 0 N–H and O–H groups in total. The molecule has 0 amide bonds. The van der Waals surface area contributed by atoms with Crippen molar-refractivity contribution in [3.8, 4) is 5.88 Å². The first-order chi connectivity index (χ1) is 10.5. The van der Waals surface area contributed by atoms with Crippen LogP contribution in [0.4, 0.5) is 13.2 Å². The molecular weight excluding hydrogens is 310 g/mol. The van der Waals surface area contributed by atoms with Gasteiger partial charge >= 0.3 is 13.3 Å². The number of alkyl halides is 3. The molecule has 4 nitrogen and oxygen atoms in total. The molecule has 1 saturated heterocycles. The fourth-order valence-corrected chi connectivity index (χ4v) is 1.92. The minimum Gasteiger partial charge on any atom is -0.481 e. The van der Waals surface area contributed by atoms with Crippen molar-refractivity contribution in [1.82, 2.24) is 4.98 Å². The van der Waals surface area contributed by atoms with E-state index in [0.29, 0.717) is 5.46 Å². The van der Waals surface area contributed by atoms with Crippen LogP contribution < -0.4 is 10.2 Å². The van der Waals surface area contributed by atoms with Gasteiger partial charge in [-0.05, 0) is 33.8 Å². The molecule has 0 unspecified atom stereocenters. The lowest BCUT2D eigenvalue weighted by Crippen LogP contribution is -2.41. The van der Waals surface area contributed by atoms with Crippen molar-refractivity contribution in [2.45, 2.75) is 58.9 Å². The van der Waals surface area contributed by atoms with Crippen LogP contribution in [0.15, 0.2) is 12.1 Å². The largest absolute Gasteiger partial charge is 0.500 e. The Bertz CT molecular complexity index is 531. The van der Waals surface area contributed by atoms with Crippen LogP contribution in [0.5, 0.6) is 5.88 Å². The SMILES string of the molecule is CC.COc1nc(C(F)(F)F)ccc1B1OC(C)(C)C(C)(C)O1. The van der Waals surface area contributed by atoms with Gasteiger partial charge < -0.3 is 14.0 Å². The van der Waals surface area contributed by atoms with Gasteiger partial charge in [0.1, 0.15) is 5.69 Å². The van der Waals surface area contributed by atoms with E-state index in [-0.39, 0.29) is 5.88 Å². The van der Waals surface area contributed by atoms with Crippen LogP contribution >= 0.6 is 0 Å². The fourth-order valence-electron chi connectivity index (χ4n) is 1.92. The number of aromatic nitrogens is 1. The molecule has 23 heavy (non-hydrogen) atoms. The molecule has 0 aromatic carbocycles. The molecule has 0 spiro atoms. The summed E-state index contributed by atoms with van der Waals surface area (Å²) in [5.74, 6) is -0.150. The van der Waals surface area contributed by atoms with E-state index in [1.807, 2.05) is 41.5 Å². The Kier molecular flexibility index (Phi) is 5.75. The van der Waals surface area contributed by atoms with Crippen LogP contribution in [0.1, 0.15) is 47.2 Å². The first-order valence-electron chi connectivity index (χ1n) is 7.46. The maximum Gasteiger partial charge on any atom is 0.500 e. The molecule has 130 valence electrons. The minimum atomic E-state index is -4.53. The van der Waals surface area contributed by atoms with Crippen LogP contribution in [0, 0.1) is 0 Å². The van der Waals surface area contributed by atoms with E-state index in [0.717, 1.165) is 6.07 Å². The number of ether oxygens (including phenoxy) is 1. The number of nitrogens with zero attached hydrogens (tertiary/aromatic N) is 1. The van der Waals surface area contributed by atoms with E-state index in [4.69, 9.17) is 14.0 Å². The van der Waals surface area contributed by atoms with Crippen molar-refractivity contribution in [3.63, 3.8) is 0 Å². The monoisotopic (exact) mass is 333 g/mol. The molecule has 2 heterocycles. The highest BCUT2D eigenvalue weighted by molar-refractivity contribution is 6.63. The van der Waals surface area contributed by atoms with E-state index in [1.54, 1.807) is 0 Å². The molecule has 0 bridgehead atoms. The summed E-state index contributed by atoms with van der Waals surface area (Å²) in [6, 6.07) is 2.17. The summed E-state index contributed by atoms with van der Waals surface area (Å²) in [4.78, 5) is 3.50. The Morgan fingerprint density at radius 1 is 1.04 bits per heavy atom. The van der Waals surface area contributed by atoms with Crippen LogP contribution in [-0.2, 0) is 15.5 Å². The molecule has 0 radical (unpaired) electrons. The van der Waals surface area contributed by atoms with Gasteiger partial charge in [0.2, 0.25) is 5.88 Å². The molecule has 1 fully saturated rings. The zero-order valence-electron chi connectivity index (χ0n) is 14.5. The van der Waals surface area contributed by atoms with Gasteiger partial charge in [0.05, 0.1) is 18.3 Å². The van der Waals surface area contributed by atoms with Crippen molar-refractivity contribution in [1.29, 1.82) is 0 Å². The lowest BCUT2D eigenvalue weighted by molar-refractivity contribution is -0.141. The normalized spacial score (nSPS) is 19.1. The van der Waals surface area contributed by atoms with Gasteiger partial charge in [0, 0.05) is 5.46 Å². The molecule has 1 aromatic rings. The van der Waals surface area contributed by atoms with Gasteiger partial charge in [-0.15, -0.1) is 0 Å². The third-order valence-corrected chi connectivity index (χ3v) is 3.88. The average molecular weight is 333 g/mol. The standard InChI is InChI=1S/C13H17BF3NO3.C2H6/c1-11(2)12(3,4)21-14(20-11)8-6-7-9(13(15,16)17)18-10(8)19-5;1-2/h6-7H,1-5H3;1-2H3. The number of rotatable bonds is 2. The minimum absolute atomic E-state index is 0.150. The molecule has 1 aliphatic heterocycles. The van der Waals surface area contributed by atoms with Crippen molar-refractivity contribution >= 4 is 12.6 Å². The lowest BCUT2D eigenvalue weighted by Gasteiger charge is -2.32. The Morgan fingerprint density at radius 3 is 1.91 bits per heavy atom. The highest BCUT2D eigenvalue weighted by Gasteiger charge is 2.53. The summed E-state index contributed by atoms with van der Waals surface area (Å²) in [5.41, 5.74) is -1.86. The maximum absolute atomic E-state index is 12.7. The van der Waals surface area contributed by atoms with E-state index in [1.165, 1.54) is 13.2 Å². The predicted octanol–water partition coefficient (Wildman–Crippen LogP) is 3.43. The smallest absolute Gasteiger partial charge is 0.481 e. The fraction of sp³-hybridized carbons (Fsp3) is 0.667. The second-order valence-corrected chi connectivity index (χ2v) is 5.88. The van der Waals surface area contributed by atoms with Crippen LogP contribution in [0.3, 0.4) is 0 Å². The van der Waals surface area contributed by atoms with Crippen molar-refractivity contribution < 1.29 is 27.2 Å². The first-order valence-corrected chi connectivity index (χ1v) is 7.46. The van der Waals surface area contributed by atoms with Crippen molar-refractivity contribution in [2.75, 3.05) is 7.11 Å². The molecule has 1 aromatic heterocycles. The molecule has 1 aliphatic rings. The second kappa shape index (κ2) is 6.69. The Morgan fingerprint density at radius 2 is 1.52 bits per heavy atom. The summed E-state index contributed by atoms with van der Waals surface area (Å²) in [5, 5.41) is 0. The van der Waals surface area contributed by atoms with Crippen LogP contribution in [0.25, 0.3) is 0 Å². The summed E-state index contributed by atoms with van der Waals surface area (Å²) in [6.45, 7) is 11.4. The van der Waals surface area contributed by atoms with E-state index in [2.05, 4.69) is 4.98 Å². The quantitative estimate of drug-likeness (QED) is 0.778. The summed E-state index contributed by atoms with van der Waals surface area (Å²) < 4.78 is 54.6. The Balaban J connectivity index is 0.00000127. The Labute approximate surface area is 135 Å². The molecule has 2 rings (SSSR count). The predicted molar refractivity (Wildman–Crippen MR) is 82.9 cm³/mol. The van der Waals surface area contributed by atoms with Crippen LogP contribution in [-0.4, -0.2) is 30.4 Å². The lowest BCUT2D eigenvalue weighted by atomic mass is 9.79. The van der Waals surface area contributed by atoms with Crippen molar-refractivity contribution in [2.24, 2.45) is 0 Å². The molecule has 8 heteroatoms. The molecular formula is C15H23BF3NO3. The third kappa shape index (κ3) is 3.98. The van der Waals surface area contributed by atoms with Gasteiger partial charge in [-0.3, -0.25) is 0 Å². The second-order valence-electron chi connectivity index (χ2n) is 5.88. The van der Waals surface area contributed by atoms with Gasteiger partial charge in [-0.1, -0.05) is 19.9 Å². The molecule has 0 atom stereocenters. The third-order valence-electron chi connectivity index (χ3n) is 3.88. The van der Waals surface area contributed by atoms with Crippen LogP contribution in [0.2, 0.25) is 0 Å².